The zero-order valence-electron chi connectivity index (χ0n) is 18.6. The molecule has 2 aliphatic carbocycles. The van der Waals surface area contributed by atoms with Gasteiger partial charge in [-0.1, -0.05) is 48.5 Å². The number of carbonyl (C=O) groups is 1. The number of hydrogen-bond acceptors (Lipinski definition) is 5. The molecule has 0 saturated carbocycles. The Morgan fingerprint density at radius 3 is 1.86 bits per heavy atom. The van der Waals surface area contributed by atoms with Crippen molar-refractivity contribution in [1.29, 1.82) is 21.0 Å². The van der Waals surface area contributed by atoms with Gasteiger partial charge in [0, 0.05) is 16.7 Å². The molecule has 0 bridgehead atoms. The Balaban J connectivity index is 1.80. The molecule has 0 amide bonds. The average molecular weight is 456 g/mol. The molecule has 0 aliphatic heterocycles. The summed E-state index contributed by atoms with van der Waals surface area (Å²) in [6.07, 6.45) is 0.731. The van der Waals surface area contributed by atoms with E-state index >= 15 is 0 Å². The lowest BCUT2D eigenvalue weighted by atomic mass is 9.92. The first kappa shape index (κ1) is 20.8. The maximum atomic E-state index is 11.5. The van der Waals surface area contributed by atoms with Crippen molar-refractivity contribution in [2.75, 3.05) is 0 Å². The highest BCUT2D eigenvalue weighted by molar-refractivity contribution is 6.16. The number of allylic oxidation sites excluding steroid dienone is 2. The van der Waals surface area contributed by atoms with Gasteiger partial charge in [0.25, 0.3) is 0 Å². The number of rotatable bonds is 1. The van der Waals surface area contributed by atoms with Gasteiger partial charge in [0.15, 0.2) is 0 Å². The van der Waals surface area contributed by atoms with Gasteiger partial charge < -0.3 is 0 Å². The molecular formula is C31H12N4O. The summed E-state index contributed by atoms with van der Waals surface area (Å²) in [6, 6.07) is 29.0. The van der Waals surface area contributed by atoms with E-state index in [2.05, 4.69) is 0 Å². The lowest BCUT2D eigenvalue weighted by molar-refractivity contribution is 0.112. The van der Waals surface area contributed by atoms with Crippen LogP contribution in [-0.2, 0) is 0 Å². The van der Waals surface area contributed by atoms with E-state index in [4.69, 9.17) is 0 Å². The van der Waals surface area contributed by atoms with Crippen molar-refractivity contribution in [3.8, 4) is 46.5 Å². The van der Waals surface area contributed by atoms with E-state index < -0.39 is 0 Å². The topological polar surface area (TPSA) is 112 Å². The third kappa shape index (κ3) is 2.63. The van der Waals surface area contributed by atoms with Crippen molar-refractivity contribution >= 4 is 28.2 Å². The van der Waals surface area contributed by atoms with Crippen molar-refractivity contribution in [2.24, 2.45) is 0 Å². The minimum atomic E-state index is -0.0646. The predicted molar refractivity (Wildman–Crippen MR) is 135 cm³/mol. The minimum absolute atomic E-state index is 0.00435. The number of nitriles is 4. The first-order chi connectivity index (χ1) is 17.6. The largest absolute Gasteiger partial charge is 0.298 e. The van der Waals surface area contributed by atoms with E-state index in [0.29, 0.717) is 33.4 Å². The molecule has 5 nitrogen and oxygen atoms in total. The third-order valence-electron chi connectivity index (χ3n) is 6.85. The van der Waals surface area contributed by atoms with Crippen LogP contribution in [0.3, 0.4) is 0 Å². The summed E-state index contributed by atoms with van der Waals surface area (Å²) in [7, 11) is 0. The summed E-state index contributed by atoms with van der Waals surface area (Å²) in [6.45, 7) is 0. The molecule has 36 heavy (non-hydrogen) atoms. The monoisotopic (exact) mass is 456 g/mol. The van der Waals surface area contributed by atoms with Crippen molar-refractivity contribution in [3.05, 3.63) is 106 Å². The summed E-state index contributed by atoms with van der Waals surface area (Å²) >= 11 is 0. The van der Waals surface area contributed by atoms with Crippen molar-refractivity contribution in [3.63, 3.8) is 0 Å². The molecular weight excluding hydrogens is 444 g/mol. The van der Waals surface area contributed by atoms with E-state index in [1.807, 2.05) is 78.9 Å². The molecule has 2 aliphatic rings. The zero-order chi connectivity index (χ0) is 25.0. The molecule has 4 aromatic carbocycles. The SMILES string of the molecule is N#CC(C#N)=C1c2cc(C=O)ccc2-c2cc3c(cc21)C(=C(C#N)C#N)c1ccc2ccccc2c1-3. The van der Waals surface area contributed by atoms with Crippen LogP contribution >= 0.6 is 0 Å². The molecule has 0 unspecified atom stereocenters. The van der Waals surface area contributed by atoms with E-state index in [1.54, 1.807) is 12.1 Å². The molecule has 6 rings (SSSR count). The van der Waals surface area contributed by atoms with E-state index in [9.17, 15) is 25.8 Å². The molecule has 0 heterocycles. The first-order valence-corrected chi connectivity index (χ1v) is 11.0. The van der Waals surface area contributed by atoms with Gasteiger partial charge in [-0.05, 0) is 73.5 Å². The van der Waals surface area contributed by atoms with Crippen molar-refractivity contribution in [1.82, 2.24) is 0 Å². The number of carbonyl (C=O) groups excluding carboxylic acids is 1. The quantitative estimate of drug-likeness (QED) is 0.212. The highest BCUT2D eigenvalue weighted by Crippen LogP contribution is 2.54. The second-order valence-electron chi connectivity index (χ2n) is 8.52. The Morgan fingerprint density at radius 2 is 1.17 bits per heavy atom. The molecule has 162 valence electrons. The normalized spacial score (nSPS) is 11.8. The second kappa shape index (κ2) is 7.65. The predicted octanol–water partition coefficient (Wildman–Crippen LogP) is 6.31. The fourth-order valence-electron chi connectivity index (χ4n) is 5.39. The fraction of sp³-hybridized carbons (Fsp3) is 0. The van der Waals surface area contributed by atoms with Crippen LogP contribution in [0.15, 0.2) is 77.9 Å². The summed E-state index contributed by atoms with van der Waals surface area (Å²) in [5.41, 5.74) is 7.62. The van der Waals surface area contributed by atoms with Gasteiger partial charge in [-0.25, -0.2) is 0 Å². The smallest absolute Gasteiger partial charge is 0.150 e. The highest BCUT2D eigenvalue weighted by Gasteiger charge is 2.34. The van der Waals surface area contributed by atoms with Crippen LogP contribution in [0.5, 0.6) is 0 Å². The van der Waals surface area contributed by atoms with Gasteiger partial charge in [0.1, 0.15) is 41.7 Å². The van der Waals surface area contributed by atoms with Gasteiger partial charge in [0.2, 0.25) is 0 Å². The van der Waals surface area contributed by atoms with Gasteiger partial charge in [-0.15, -0.1) is 0 Å². The Labute approximate surface area is 206 Å². The van der Waals surface area contributed by atoms with Crippen LogP contribution in [0.1, 0.15) is 32.6 Å². The van der Waals surface area contributed by atoms with E-state index in [0.717, 1.165) is 44.9 Å². The Morgan fingerprint density at radius 1 is 0.583 bits per heavy atom. The highest BCUT2D eigenvalue weighted by atomic mass is 16.1. The molecule has 4 aromatic rings. The molecule has 0 spiro atoms. The molecule has 0 atom stereocenters. The maximum absolute atomic E-state index is 11.5. The van der Waals surface area contributed by atoms with Crippen LogP contribution in [0, 0.1) is 45.3 Å². The van der Waals surface area contributed by atoms with Gasteiger partial charge in [0.05, 0.1) is 0 Å². The Kier molecular flexibility index (Phi) is 4.42. The zero-order valence-corrected chi connectivity index (χ0v) is 18.6. The number of benzene rings is 4. The summed E-state index contributed by atoms with van der Waals surface area (Å²) in [5.74, 6) is 0. The maximum Gasteiger partial charge on any atom is 0.150 e. The number of fused-ring (bicyclic) bond motifs is 8. The number of nitrogens with zero attached hydrogens (tertiary/aromatic N) is 4. The van der Waals surface area contributed by atoms with Crippen LogP contribution in [0.2, 0.25) is 0 Å². The van der Waals surface area contributed by atoms with Crippen LogP contribution in [0.4, 0.5) is 0 Å². The minimum Gasteiger partial charge on any atom is -0.298 e. The molecule has 5 heteroatoms. The molecule has 0 fully saturated rings. The van der Waals surface area contributed by atoms with Crippen LogP contribution in [-0.4, -0.2) is 6.29 Å². The summed E-state index contributed by atoms with van der Waals surface area (Å²) in [5, 5.41) is 41.1. The first-order valence-electron chi connectivity index (χ1n) is 11.0. The Bertz CT molecular complexity index is 1910. The lowest BCUT2D eigenvalue weighted by Gasteiger charge is -2.09. The number of hydrogen-bond donors (Lipinski definition) is 0. The third-order valence-corrected chi connectivity index (χ3v) is 6.85. The van der Waals surface area contributed by atoms with Crippen molar-refractivity contribution in [2.45, 2.75) is 0 Å². The van der Waals surface area contributed by atoms with Crippen LogP contribution in [0.25, 0.3) is 44.2 Å². The van der Waals surface area contributed by atoms with Gasteiger partial charge in [-0.3, -0.25) is 4.79 Å². The Hall–Kier alpha value is -5.75. The van der Waals surface area contributed by atoms with E-state index in [1.165, 1.54) is 0 Å². The summed E-state index contributed by atoms with van der Waals surface area (Å²) < 4.78 is 0. The van der Waals surface area contributed by atoms with Gasteiger partial charge in [-0.2, -0.15) is 21.0 Å². The van der Waals surface area contributed by atoms with Gasteiger partial charge >= 0.3 is 0 Å². The fourth-order valence-corrected chi connectivity index (χ4v) is 5.39. The second-order valence-corrected chi connectivity index (χ2v) is 8.52. The molecule has 0 radical (unpaired) electrons. The molecule has 0 saturated heterocycles. The molecule has 0 N–H and O–H groups in total. The number of aldehydes is 1. The van der Waals surface area contributed by atoms with E-state index in [-0.39, 0.29) is 11.1 Å². The summed E-state index contributed by atoms with van der Waals surface area (Å²) in [4.78, 5) is 11.5. The van der Waals surface area contributed by atoms with Crippen LogP contribution < -0.4 is 0 Å². The van der Waals surface area contributed by atoms with Crippen molar-refractivity contribution < 1.29 is 4.79 Å². The lowest BCUT2D eigenvalue weighted by Crippen LogP contribution is -1.92. The molecule has 0 aromatic heterocycles. The standard InChI is InChI=1S/C31H12N4O/c32-12-19(13-33)29-23-8-6-18-3-1-2-4-21(18)31(23)28-10-24-22-7-5-17(16-36)9-25(22)30(20(14-34)15-35)26(24)11-27(28)29/h1-11,16H. The average Bonchev–Trinajstić information content (AvgIpc) is 3.41.